The summed E-state index contributed by atoms with van der Waals surface area (Å²) in [5.41, 5.74) is 9.44. The number of nitrogens with zero attached hydrogens (tertiary/aromatic N) is 2. The maximum atomic E-state index is 13.3. The fourth-order valence-electron chi connectivity index (χ4n) is 3.08. The lowest BCUT2D eigenvalue weighted by Crippen LogP contribution is -2.04. The summed E-state index contributed by atoms with van der Waals surface area (Å²) in [5, 5.41) is 3.99. The molecule has 0 aliphatic carbocycles. The van der Waals surface area contributed by atoms with Crippen molar-refractivity contribution >= 4 is 39.7 Å². The van der Waals surface area contributed by atoms with Crippen LogP contribution in [0.2, 0.25) is 5.02 Å². The van der Waals surface area contributed by atoms with Gasteiger partial charge in [-0.05, 0) is 42.3 Å². The molecule has 1 saturated heterocycles. The summed E-state index contributed by atoms with van der Waals surface area (Å²) in [6.45, 7) is 1.43. The third-order valence-corrected chi connectivity index (χ3v) is 4.68. The lowest BCUT2D eigenvalue weighted by Gasteiger charge is -2.14. The first-order chi connectivity index (χ1) is 12.1. The Bertz CT molecular complexity index is 944. The third-order valence-electron chi connectivity index (χ3n) is 4.39. The number of nitrogen functional groups attached to an aromatic ring is 1. The molecule has 4 rings (SSSR count). The molecule has 1 aromatic heterocycles. The highest BCUT2D eigenvalue weighted by molar-refractivity contribution is 6.31. The Labute approximate surface area is 149 Å². The average Bonchev–Trinajstić information content (AvgIpc) is 3.12. The van der Waals surface area contributed by atoms with E-state index in [0.29, 0.717) is 29.7 Å². The van der Waals surface area contributed by atoms with Gasteiger partial charge in [-0.2, -0.15) is 0 Å². The van der Waals surface area contributed by atoms with Crippen LogP contribution in [-0.4, -0.2) is 23.2 Å². The quantitative estimate of drug-likeness (QED) is 0.685. The number of nitrogens with two attached hydrogens (primary N) is 1. The molecule has 1 atom stereocenters. The van der Waals surface area contributed by atoms with Crippen LogP contribution in [0.1, 0.15) is 17.9 Å². The molecule has 1 unspecified atom stereocenters. The van der Waals surface area contributed by atoms with Gasteiger partial charge in [-0.1, -0.05) is 11.6 Å². The van der Waals surface area contributed by atoms with E-state index in [4.69, 9.17) is 22.1 Å². The van der Waals surface area contributed by atoms with Gasteiger partial charge in [0.05, 0.1) is 17.1 Å². The van der Waals surface area contributed by atoms with Crippen molar-refractivity contribution in [3.05, 3.63) is 53.1 Å². The minimum atomic E-state index is -0.465. The maximum Gasteiger partial charge on any atom is 0.141 e. The fourth-order valence-corrected chi connectivity index (χ4v) is 3.26. The molecule has 2 aromatic carbocycles. The van der Waals surface area contributed by atoms with E-state index in [-0.39, 0.29) is 5.02 Å². The summed E-state index contributed by atoms with van der Waals surface area (Å²) in [7, 11) is 0. The highest BCUT2D eigenvalue weighted by atomic mass is 35.5. The van der Waals surface area contributed by atoms with Crippen molar-refractivity contribution < 1.29 is 9.13 Å². The lowest BCUT2D eigenvalue weighted by molar-refractivity contribution is 0.194. The number of hydrogen-bond acceptors (Lipinski definition) is 5. The molecule has 3 aromatic rings. The van der Waals surface area contributed by atoms with Crippen molar-refractivity contribution in [3.8, 4) is 0 Å². The number of halogens is 2. The van der Waals surface area contributed by atoms with Crippen molar-refractivity contribution in [3.63, 3.8) is 0 Å². The molecule has 0 amide bonds. The van der Waals surface area contributed by atoms with Crippen LogP contribution in [0.5, 0.6) is 0 Å². The van der Waals surface area contributed by atoms with E-state index in [1.165, 1.54) is 18.5 Å². The van der Waals surface area contributed by atoms with Crippen molar-refractivity contribution in [2.45, 2.75) is 12.3 Å². The molecular weight excluding hydrogens is 343 g/mol. The van der Waals surface area contributed by atoms with Gasteiger partial charge in [0, 0.05) is 29.3 Å². The van der Waals surface area contributed by atoms with E-state index < -0.39 is 5.82 Å². The van der Waals surface area contributed by atoms with E-state index in [1.807, 2.05) is 12.1 Å². The minimum Gasteiger partial charge on any atom is -0.398 e. The summed E-state index contributed by atoms with van der Waals surface area (Å²) >= 11 is 5.84. The second kappa shape index (κ2) is 6.46. The monoisotopic (exact) mass is 358 g/mol. The molecule has 3 N–H and O–H groups in total. The SMILES string of the molecule is Nc1cc2c(Nc3ccc(F)c(Cl)c3)ncnc2cc1C1CCOC1. The van der Waals surface area contributed by atoms with Gasteiger partial charge in [0.15, 0.2) is 0 Å². The summed E-state index contributed by atoms with van der Waals surface area (Å²) in [4.78, 5) is 8.64. The molecule has 1 aliphatic rings. The highest BCUT2D eigenvalue weighted by Gasteiger charge is 2.21. The number of fused-ring (bicyclic) bond motifs is 1. The van der Waals surface area contributed by atoms with E-state index in [2.05, 4.69) is 15.3 Å². The van der Waals surface area contributed by atoms with Crippen molar-refractivity contribution in [1.29, 1.82) is 0 Å². The molecule has 128 valence electrons. The Morgan fingerprint density at radius 1 is 1.24 bits per heavy atom. The molecule has 0 saturated carbocycles. The zero-order valence-electron chi connectivity index (χ0n) is 13.3. The van der Waals surface area contributed by atoms with Crippen LogP contribution in [0.25, 0.3) is 10.9 Å². The Kier molecular flexibility index (Phi) is 4.15. The maximum absolute atomic E-state index is 13.3. The van der Waals surface area contributed by atoms with Gasteiger partial charge in [-0.3, -0.25) is 0 Å². The van der Waals surface area contributed by atoms with Gasteiger partial charge in [-0.15, -0.1) is 0 Å². The minimum absolute atomic E-state index is 0.0476. The van der Waals surface area contributed by atoms with Crippen LogP contribution in [-0.2, 0) is 4.74 Å². The van der Waals surface area contributed by atoms with Crippen LogP contribution in [0.3, 0.4) is 0 Å². The van der Waals surface area contributed by atoms with Crippen LogP contribution in [0.15, 0.2) is 36.7 Å². The van der Waals surface area contributed by atoms with Crippen LogP contribution in [0.4, 0.5) is 21.6 Å². The number of aromatic nitrogens is 2. The average molecular weight is 359 g/mol. The number of anilines is 3. The smallest absolute Gasteiger partial charge is 0.141 e. The third kappa shape index (κ3) is 3.10. The molecule has 25 heavy (non-hydrogen) atoms. The van der Waals surface area contributed by atoms with E-state index in [9.17, 15) is 4.39 Å². The molecule has 0 bridgehead atoms. The van der Waals surface area contributed by atoms with Gasteiger partial charge in [0.1, 0.15) is 18.0 Å². The van der Waals surface area contributed by atoms with E-state index >= 15 is 0 Å². The lowest BCUT2D eigenvalue weighted by atomic mass is 9.95. The second-order valence-corrected chi connectivity index (χ2v) is 6.44. The molecule has 0 spiro atoms. The van der Waals surface area contributed by atoms with E-state index in [1.54, 1.807) is 6.07 Å². The van der Waals surface area contributed by atoms with Gasteiger partial charge in [0.25, 0.3) is 0 Å². The van der Waals surface area contributed by atoms with E-state index in [0.717, 1.165) is 29.5 Å². The highest BCUT2D eigenvalue weighted by Crippen LogP contribution is 2.34. The fraction of sp³-hybridized carbons (Fsp3) is 0.222. The predicted octanol–water partition coefficient (Wildman–Crippen LogP) is 4.25. The Balaban J connectivity index is 1.74. The number of nitrogens with one attached hydrogen (secondary N) is 1. The van der Waals surface area contributed by atoms with Crippen molar-refractivity contribution in [2.24, 2.45) is 0 Å². The first kappa shape index (κ1) is 16.1. The zero-order chi connectivity index (χ0) is 17.4. The van der Waals surface area contributed by atoms with Gasteiger partial charge in [-0.25, -0.2) is 14.4 Å². The first-order valence-electron chi connectivity index (χ1n) is 7.96. The molecule has 1 fully saturated rings. The standard InChI is InChI=1S/C18H16ClFN4O/c19-14-5-11(1-2-15(14)20)24-18-13-6-16(21)12(10-3-4-25-8-10)7-17(13)22-9-23-18/h1-2,5-7,9-10H,3-4,8,21H2,(H,22,23,24). The van der Waals surface area contributed by atoms with Crippen LogP contribution >= 0.6 is 11.6 Å². The molecule has 0 radical (unpaired) electrons. The summed E-state index contributed by atoms with van der Waals surface area (Å²) in [6.07, 6.45) is 2.45. The normalized spacial score (nSPS) is 17.1. The van der Waals surface area contributed by atoms with Gasteiger partial charge in [0.2, 0.25) is 0 Å². The number of ether oxygens (including phenoxy) is 1. The number of hydrogen-bond donors (Lipinski definition) is 2. The predicted molar refractivity (Wildman–Crippen MR) is 96.8 cm³/mol. The molecule has 5 nitrogen and oxygen atoms in total. The van der Waals surface area contributed by atoms with Crippen molar-refractivity contribution in [2.75, 3.05) is 24.3 Å². The Morgan fingerprint density at radius 2 is 2.12 bits per heavy atom. The largest absolute Gasteiger partial charge is 0.398 e. The summed E-state index contributed by atoms with van der Waals surface area (Å²) in [5.74, 6) is 0.424. The first-order valence-corrected chi connectivity index (χ1v) is 8.33. The van der Waals surface area contributed by atoms with Gasteiger partial charge < -0.3 is 15.8 Å². The Morgan fingerprint density at radius 3 is 2.88 bits per heavy atom. The summed E-state index contributed by atoms with van der Waals surface area (Å²) in [6, 6.07) is 8.28. The topological polar surface area (TPSA) is 73.1 Å². The van der Waals surface area contributed by atoms with Crippen LogP contribution in [0, 0.1) is 5.82 Å². The molecule has 2 heterocycles. The molecule has 1 aliphatic heterocycles. The van der Waals surface area contributed by atoms with Crippen molar-refractivity contribution in [1.82, 2.24) is 9.97 Å². The molecule has 7 heteroatoms. The zero-order valence-corrected chi connectivity index (χ0v) is 14.1. The molecular formula is C18H16ClFN4O. The Hall–Kier alpha value is -2.44. The number of rotatable bonds is 3. The number of benzene rings is 2. The summed E-state index contributed by atoms with van der Waals surface area (Å²) < 4.78 is 18.8. The second-order valence-electron chi connectivity index (χ2n) is 6.03. The van der Waals surface area contributed by atoms with Crippen LogP contribution < -0.4 is 11.1 Å². The van der Waals surface area contributed by atoms with Gasteiger partial charge >= 0.3 is 0 Å².